The summed E-state index contributed by atoms with van der Waals surface area (Å²) in [6.45, 7) is 4.20. The summed E-state index contributed by atoms with van der Waals surface area (Å²) in [5, 5.41) is 3.46. The lowest BCUT2D eigenvalue weighted by Crippen LogP contribution is -2.36. The molecular weight excluding hydrogens is 234 g/mol. The van der Waals surface area contributed by atoms with Gasteiger partial charge in [0.25, 0.3) is 0 Å². The topological polar surface area (TPSA) is 46.2 Å². The molecule has 1 aliphatic carbocycles. The molecule has 0 heterocycles. The van der Waals surface area contributed by atoms with Crippen LogP contribution in [0, 0.1) is 5.41 Å². The van der Waals surface area contributed by atoms with Crippen LogP contribution in [0.2, 0.25) is 0 Å². The first kappa shape index (κ1) is 15.0. The van der Waals surface area contributed by atoms with Crippen LogP contribution in [0.5, 0.6) is 0 Å². The fourth-order valence-electron chi connectivity index (χ4n) is 2.92. The minimum Gasteiger partial charge on any atom is -0.316 e. The third kappa shape index (κ3) is 5.87. The van der Waals surface area contributed by atoms with Crippen molar-refractivity contribution in [3.05, 3.63) is 0 Å². The largest absolute Gasteiger partial charge is 0.316 e. The number of hydrogen-bond acceptors (Lipinski definition) is 3. The van der Waals surface area contributed by atoms with Crippen molar-refractivity contribution in [3.63, 3.8) is 0 Å². The predicted octanol–water partition coefficient (Wildman–Crippen LogP) is 2.37. The summed E-state index contributed by atoms with van der Waals surface area (Å²) in [6.07, 6.45) is 9.73. The van der Waals surface area contributed by atoms with Crippen molar-refractivity contribution in [3.8, 4) is 0 Å². The molecule has 102 valence electrons. The molecule has 17 heavy (non-hydrogen) atoms. The second kappa shape index (κ2) is 6.74. The molecule has 0 saturated heterocycles. The number of hydrogen-bond donors (Lipinski definition) is 1. The van der Waals surface area contributed by atoms with E-state index in [4.69, 9.17) is 0 Å². The van der Waals surface area contributed by atoms with Gasteiger partial charge in [-0.1, -0.05) is 26.2 Å². The second-order valence-electron chi connectivity index (χ2n) is 5.57. The average Bonchev–Trinajstić information content (AvgIpc) is 2.26. The first-order valence-corrected chi connectivity index (χ1v) is 8.92. The van der Waals surface area contributed by atoms with Gasteiger partial charge >= 0.3 is 0 Å². The van der Waals surface area contributed by atoms with E-state index in [1.54, 1.807) is 0 Å². The molecule has 0 aromatic rings. The van der Waals surface area contributed by atoms with E-state index < -0.39 is 9.84 Å². The van der Waals surface area contributed by atoms with Crippen molar-refractivity contribution in [1.29, 1.82) is 0 Å². The normalized spacial score (nSPS) is 20.4. The summed E-state index contributed by atoms with van der Waals surface area (Å²) < 4.78 is 22.4. The van der Waals surface area contributed by atoms with Gasteiger partial charge in [-0.3, -0.25) is 0 Å². The molecule has 3 nitrogen and oxygen atoms in total. The quantitative estimate of drug-likeness (QED) is 0.765. The third-order valence-electron chi connectivity index (χ3n) is 3.89. The zero-order valence-electron chi connectivity index (χ0n) is 11.3. The highest BCUT2D eigenvalue weighted by molar-refractivity contribution is 7.90. The van der Waals surface area contributed by atoms with Crippen molar-refractivity contribution in [2.24, 2.45) is 5.41 Å². The average molecular weight is 261 g/mol. The van der Waals surface area contributed by atoms with Gasteiger partial charge in [0.1, 0.15) is 9.84 Å². The highest BCUT2D eigenvalue weighted by atomic mass is 32.2. The lowest BCUT2D eigenvalue weighted by Gasteiger charge is -2.37. The Hall–Kier alpha value is -0.0900. The molecular formula is C13H27NO2S. The van der Waals surface area contributed by atoms with Crippen LogP contribution in [0.15, 0.2) is 0 Å². The van der Waals surface area contributed by atoms with Crippen LogP contribution < -0.4 is 5.32 Å². The van der Waals surface area contributed by atoms with Crippen molar-refractivity contribution in [2.75, 3.05) is 25.1 Å². The fraction of sp³-hybridized carbons (Fsp3) is 1.00. The smallest absolute Gasteiger partial charge is 0.147 e. The van der Waals surface area contributed by atoms with E-state index in [2.05, 4.69) is 12.2 Å². The molecule has 0 aliphatic heterocycles. The highest BCUT2D eigenvalue weighted by Crippen LogP contribution is 2.39. The lowest BCUT2D eigenvalue weighted by molar-refractivity contribution is 0.166. The van der Waals surface area contributed by atoms with Crippen LogP contribution in [0.3, 0.4) is 0 Å². The maximum atomic E-state index is 11.2. The Labute approximate surface area is 106 Å². The molecule has 1 rings (SSSR count). The molecule has 4 heteroatoms. The summed E-state index contributed by atoms with van der Waals surface area (Å²) in [5.41, 5.74) is 0.374. The van der Waals surface area contributed by atoms with Crippen molar-refractivity contribution in [2.45, 2.75) is 51.9 Å². The second-order valence-corrected chi connectivity index (χ2v) is 7.83. The van der Waals surface area contributed by atoms with Gasteiger partial charge in [-0.25, -0.2) is 8.42 Å². The van der Waals surface area contributed by atoms with Crippen molar-refractivity contribution < 1.29 is 8.42 Å². The monoisotopic (exact) mass is 261 g/mol. The maximum absolute atomic E-state index is 11.2. The standard InChI is InChI=1S/C13H27NO2S/c1-3-14-12-13(8-5-4-6-9-13)10-7-11-17(2,15)16/h14H,3-12H2,1-2H3. The van der Waals surface area contributed by atoms with E-state index in [1.165, 1.54) is 38.4 Å². The molecule has 1 aliphatic rings. The zero-order valence-corrected chi connectivity index (χ0v) is 12.1. The van der Waals surface area contributed by atoms with Gasteiger partial charge in [-0.05, 0) is 37.6 Å². The minimum atomic E-state index is -2.79. The lowest BCUT2D eigenvalue weighted by atomic mass is 9.71. The Morgan fingerprint density at radius 3 is 2.35 bits per heavy atom. The van der Waals surface area contributed by atoms with Crippen molar-refractivity contribution in [1.82, 2.24) is 5.32 Å². The molecule has 1 N–H and O–H groups in total. The molecule has 0 aromatic carbocycles. The minimum absolute atomic E-state index is 0.348. The van der Waals surface area contributed by atoms with E-state index in [1.807, 2.05) is 0 Å². The maximum Gasteiger partial charge on any atom is 0.147 e. The van der Waals surface area contributed by atoms with Gasteiger partial charge in [0.2, 0.25) is 0 Å². The fourth-order valence-corrected chi connectivity index (χ4v) is 3.59. The predicted molar refractivity (Wildman–Crippen MR) is 73.0 cm³/mol. The summed E-state index contributed by atoms with van der Waals surface area (Å²) in [5.74, 6) is 0.348. The van der Waals surface area contributed by atoms with Gasteiger partial charge in [-0.2, -0.15) is 0 Å². The number of rotatable bonds is 7. The molecule has 0 radical (unpaired) electrons. The SMILES string of the molecule is CCNCC1(CCCS(C)(=O)=O)CCCCC1. The Bertz CT molecular complexity index is 305. The van der Waals surface area contributed by atoms with Crippen LogP contribution in [-0.4, -0.2) is 33.5 Å². The van der Waals surface area contributed by atoms with Gasteiger partial charge in [0, 0.05) is 18.6 Å². The van der Waals surface area contributed by atoms with Crippen LogP contribution in [0.1, 0.15) is 51.9 Å². The molecule has 0 spiro atoms. The van der Waals surface area contributed by atoms with E-state index in [0.29, 0.717) is 11.2 Å². The first-order valence-electron chi connectivity index (χ1n) is 6.86. The van der Waals surface area contributed by atoms with Gasteiger partial charge in [0.15, 0.2) is 0 Å². The number of sulfone groups is 1. The Morgan fingerprint density at radius 1 is 1.18 bits per heavy atom. The molecule has 0 bridgehead atoms. The van der Waals surface area contributed by atoms with E-state index >= 15 is 0 Å². The van der Waals surface area contributed by atoms with Gasteiger partial charge in [0.05, 0.1) is 0 Å². The third-order valence-corrected chi connectivity index (χ3v) is 4.92. The molecule has 0 amide bonds. The first-order chi connectivity index (χ1) is 7.97. The molecule has 0 aromatic heterocycles. The molecule has 0 atom stereocenters. The summed E-state index contributed by atoms with van der Waals surface area (Å²) in [6, 6.07) is 0. The van der Waals surface area contributed by atoms with Crippen LogP contribution in [0.4, 0.5) is 0 Å². The van der Waals surface area contributed by atoms with Crippen LogP contribution >= 0.6 is 0 Å². The Kier molecular flexibility index (Phi) is 5.93. The Morgan fingerprint density at radius 2 is 1.82 bits per heavy atom. The summed E-state index contributed by atoms with van der Waals surface area (Å²) >= 11 is 0. The van der Waals surface area contributed by atoms with E-state index in [9.17, 15) is 8.42 Å². The van der Waals surface area contributed by atoms with Gasteiger partial charge in [-0.15, -0.1) is 0 Å². The molecule has 1 fully saturated rings. The van der Waals surface area contributed by atoms with E-state index in [0.717, 1.165) is 25.9 Å². The summed E-state index contributed by atoms with van der Waals surface area (Å²) in [4.78, 5) is 0. The number of nitrogens with one attached hydrogen (secondary N) is 1. The van der Waals surface area contributed by atoms with Crippen molar-refractivity contribution >= 4 is 9.84 Å². The Balaban J connectivity index is 2.45. The van der Waals surface area contributed by atoms with Gasteiger partial charge < -0.3 is 5.32 Å². The molecule has 1 saturated carbocycles. The van der Waals surface area contributed by atoms with E-state index in [-0.39, 0.29) is 0 Å². The van der Waals surface area contributed by atoms with Crippen LogP contribution in [-0.2, 0) is 9.84 Å². The zero-order chi connectivity index (χ0) is 12.8. The van der Waals surface area contributed by atoms with Crippen LogP contribution in [0.25, 0.3) is 0 Å². The highest BCUT2D eigenvalue weighted by Gasteiger charge is 2.31. The molecule has 0 unspecified atom stereocenters. The summed E-state index contributed by atoms with van der Waals surface area (Å²) in [7, 11) is -2.79.